The number of aryl methyl sites for hydroxylation is 1. The van der Waals surface area contributed by atoms with Crippen LogP contribution in [-0.2, 0) is 4.79 Å². The molecule has 2 rings (SSSR count). The van der Waals surface area contributed by atoms with Crippen LogP contribution >= 0.6 is 0 Å². The molecule has 1 heterocycles. The molecule has 1 aliphatic rings. The third kappa shape index (κ3) is 2.28. The van der Waals surface area contributed by atoms with Crippen LogP contribution in [0.5, 0.6) is 5.75 Å². The number of phenolic OH excluding ortho intramolecular Hbond substituents is 1. The van der Waals surface area contributed by atoms with Crippen LogP contribution in [0.1, 0.15) is 29.3 Å². The Balaban J connectivity index is 2.34. The number of likely N-dealkylation sites (tertiary alicyclic amines) is 1. The van der Waals surface area contributed by atoms with Gasteiger partial charge in [-0.1, -0.05) is 19.1 Å². The fraction of sp³-hybridized carbons (Fsp3) is 0.429. The number of carbonyl (C=O) groups excluding carboxylic acids is 1. The fourth-order valence-corrected chi connectivity index (χ4v) is 2.54. The third-order valence-corrected chi connectivity index (χ3v) is 3.68. The van der Waals surface area contributed by atoms with E-state index in [1.807, 2.05) is 6.92 Å². The van der Waals surface area contributed by atoms with Gasteiger partial charge in [0.1, 0.15) is 11.8 Å². The molecule has 1 saturated heterocycles. The molecule has 19 heavy (non-hydrogen) atoms. The van der Waals surface area contributed by atoms with Crippen LogP contribution in [0.3, 0.4) is 0 Å². The molecule has 1 fully saturated rings. The zero-order valence-electron chi connectivity index (χ0n) is 11.0. The van der Waals surface area contributed by atoms with E-state index in [2.05, 4.69) is 0 Å². The Bertz CT molecular complexity index is 526. The van der Waals surface area contributed by atoms with Crippen LogP contribution in [-0.4, -0.2) is 39.6 Å². The van der Waals surface area contributed by atoms with Crippen LogP contribution in [0.15, 0.2) is 18.2 Å². The summed E-state index contributed by atoms with van der Waals surface area (Å²) in [5.74, 6) is -1.56. The van der Waals surface area contributed by atoms with E-state index >= 15 is 0 Å². The molecule has 1 aromatic carbocycles. The zero-order valence-corrected chi connectivity index (χ0v) is 11.0. The number of carbonyl (C=O) groups is 2. The van der Waals surface area contributed by atoms with Gasteiger partial charge in [0.15, 0.2) is 0 Å². The molecule has 1 aromatic rings. The van der Waals surface area contributed by atoms with E-state index in [0.717, 1.165) is 0 Å². The summed E-state index contributed by atoms with van der Waals surface area (Å²) in [6.07, 6.45) is 0.662. The van der Waals surface area contributed by atoms with Gasteiger partial charge in [0, 0.05) is 6.54 Å². The van der Waals surface area contributed by atoms with Gasteiger partial charge in [0.2, 0.25) is 0 Å². The minimum absolute atomic E-state index is 0.0730. The van der Waals surface area contributed by atoms with Gasteiger partial charge in [-0.15, -0.1) is 0 Å². The van der Waals surface area contributed by atoms with Crippen molar-refractivity contribution in [2.45, 2.75) is 26.3 Å². The molecular weight excluding hydrogens is 246 g/mol. The number of hydrogen-bond donors (Lipinski definition) is 2. The Morgan fingerprint density at radius 3 is 2.68 bits per heavy atom. The van der Waals surface area contributed by atoms with Gasteiger partial charge in [-0.05, 0) is 30.9 Å². The molecule has 1 aliphatic heterocycles. The molecule has 0 aromatic heterocycles. The second-order valence-corrected chi connectivity index (χ2v) is 5.02. The largest absolute Gasteiger partial charge is 0.507 e. The molecule has 0 radical (unpaired) electrons. The molecule has 2 unspecified atom stereocenters. The lowest BCUT2D eigenvalue weighted by Crippen LogP contribution is -2.42. The summed E-state index contributed by atoms with van der Waals surface area (Å²) in [5, 5.41) is 19.1. The zero-order chi connectivity index (χ0) is 14.2. The molecule has 5 heteroatoms. The number of carboxylic acid groups (broad SMARTS) is 1. The normalized spacial score (nSPS) is 22.5. The first-order chi connectivity index (χ1) is 8.93. The second-order valence-electron chi connectivity index (χ2n) is 5.02. The third-order valence-electron chi connectivity index (χ3n) is 3.68. The van der Waals surface area contributed by atoms with E-state index < -0.39 is 17.9 Å². The maximum absolute atomic E-state index is 12.4. The minimum Gasteiger partial charge on any atom is -0.507 e. The average molecular weight is 263 g/mol. The minimum atomic E-state index is -0.995. The lowest BCUT2D eigenvalue weighted by atomic mass is 10.0. The van der Waals surface area contributed by atoms with Crippen LogP contribution in [0.25, 0.3) is 0 Å². The highest BCUT2D eigenvalue weighted by atomic mass is 16.4. The van der Waals surface area contributed by atoms with E-state index in [0.29, 0.717) is 18.5 Å². The Morgan fingerprint density at radius 2 is 2.05 bits per heavy atom. The molecule has 2 atom stereocenters. The van der Waals surface area contributed by atoms with E-state index in [9.17, 15) is 19.8 Å². The second kappa shape index (κ2) is 4.91. The molecule has 102 valence electrons. The van der Waals surface area contributed by atoms with Crippen molar-refractivity contribution in [3.63, 3.8) is 0 Å². The Labute approximate surface area is 111 Å². The maximum atomic E-state index is 12.4. The Hall–Kier alpha value is -2.04. The van der Waals surface area contributed by atoms with Gasteiger partial charge in [-0.25, -0.2) is 4.79 Å². The van der Waals surface area contributed by atoms with Gasteiger partial charge in [0.05, 0.1) is 5.56 Å². The van der Waals surface area contributed by atoms with Gasteiger partial charge in [0.25, 0.3) is 5.91 Å². The molecule has 5 nitrogen and oxygen atoms in total. The van der Waals surface area contributed by atoms with Crippen molar-refractivity contribution in [2.24, 2.45) is 5.92 Å². The number of aliphatic carboxylic acids is 1. The van der Waals surface area contributed by atoms with Crippen LogP contribution in [0, 0.1) is 12.8 Å². The summed E-state index contributed by atoms with van der Waals surface area (Å²) >= 11 is 0. The smallest absolute Gasteiger partial charge is 0.326 e. The lowest BCUT2D eigenvalue weighted by Gasteiger charge is -2.24. The van der Waals surface area contributed by atoms with Crippen molar-refractivity contribution >= 4 is 11.9 Å². The first-order valence-electron chi connectivity index (χ1n) is 6.26. The number of nitrogens with zero attached hydrogens (tertiary/aromatic N) is 1. The molecule has 0 bridgehead atoms. The highest BCUT2D eigenvalue weighted by Crippen LogP contribution is 2.29. The van der Waals surface area contributed by atoms with Crippen LogP contribution < -0.4 is 0 Å². The van der Waals surface area contributed by atoms with Crippen molar-refractivity contribution in [3.8, 4) is 5.75 Å². The molecule has 0 saturated carbocycles. The van der Waals surface area contributed by atoms with Gasteiger partial charge in [-0.2, -0.15) is 0 Å². The number of phenols is 1. The number of aromatic hydroxyl groups is 1. The van der Waals surface area contributed by atoms with Gasteiger partial charge in [-0.3, -0.25) is 4.79 Å². The number of rotatable bonds is 2. The van der Waals surface area contributed by atoms with Crippen molar-refractivity contribution in [2.75, 3.05) is 6.54 Å². The van der Waals surface area contributed by atoms with Crippen molar-refractivity contribution in [3.05, 3.63) is 29.3 Å². The summed E-state index contributed by atoms with van der Waals surface area (Å²) in [7, 11) is 0. The lowest BCUT2D eigenvalue weighted by molar-refractivity contribution is -0.142. The first kappa shape index (κ1) is 13.4. The average Bonchev–Trinajstić information content (AvgIpc) is 2.74. The predicted octanol–water partition coefficient (Wildman–Crippen LogP) is 1.64. The Morgan fingerprint density at radius 1 is 1.37 bits per heavy atom. The number of amides is 1. The molecule has 2 N–H and O–H groups in total. The van der Waals surface area contributed by atoms with Gasteiger partial charge >= 0.3 is 5.97 Å². The molecule has 0 spiro atoms. The highest BCUT2D eigenvalue weighted by molar-refractivity contribution is 5.99. The van der Waals surface area contributed by atoms with Crippen molar-refractivity contribution in [1.82, 2.24) is 4.90 Å². The summed E-state index contributed by atoms with van der Waals surface area (Å²) in [6.45, 7) is 3.93. The highest BCUT2D eigenvalue weighted by Gasteiger charge is 2.40. The SMILES string of the molecule is Cc1cccc(C(=O)N2CCC(C)C2C(=O)O)c1O. The topological polar surface area (TPSA) is 77.8 Å². The number of hydrogen-bond acceptors (Lipinski definition) is 3. The predicted molar refractivity (Wildman–Crippen MR) is 69.1 cm³/mol. The van der Waals surface area contributed by atoms with E-state index in [1.54, 1.807) is 19.1 Å². The Kier molecular flexibility index (Phi) is 3.46. The monoisotopic (exact) mass is 263 g/mol. The summed E-state index contributed by atoms with van der Waals surface area (Å²) < 4.78 is 0. The fourth-order valence-electron chi connectivity index (χ4n) is 2.54. The number of carboxylic acids is 1. The standard InChI is InChI=1S/C14H17NO4/c1-8-6-7-15(11(8)14(18)19)13(17)10-5-3-4-9(2)12(10)16/h3-5,8,11,16H,6-7H2,1-2H3,(H,18,19). The van der Waals surface area contributed by atoms with Crippen molar-refractivity contribution < 1.29 is 19.8 Å². The van der Waals surface area contributed by atoms with E-state index in [-0.39, 0.29) is 17.2 Å². The molecular formula is C14H17NO4. The number of para-hydroxylation sites is 1. The summed E-state index contributed by atoms with van der Waals surface area (Å²) in [6, 6.07) is 4.09. The first-order valence-corrected chi connectivity index (χ1v) is 6.26. The summed E-state index contributed by atoms with van der Waals surface area (Å²) in [5.41, 5.74) is 0.769. The maximum Gasteiger partial charge on any atom is 0.326 e. The summed E-state index contributed by atoms with van der Waals surface area (Å²) in [4.78, 5) is 25.0. The molecule has 0 aliphatic carbocycles. The quantitative estimate of drug-likeness (QED) is 0.850. The van der Waals surface area contributed by atoms with Crippen molar-refractivity contribution in [1.29, 1.82) is 0 Å². The van der Waals surface area contributed by atoms with Gasteiger partial charge < -0.3 is 15.1 Å². The number of benzene rings is 1. The van der Waals surface area contributed by atoms with Crippen LogP contribution in [0.4, 0.5) is 0 Å². The van der Waals surface area contributed by atoms with E-state index in [4.69, 9.17) is 0 Å². The van der Waals surface area contributed by atoms with E-state index in [1.165, 1.54) is 11.0 Å². The molecule has 1 amide bonds. The van der Waals surface area contributed by atoms with Crippen LogP contribution in [0.2, 0.25) is 0 Å².